The zero-order valence-corrected chi connectivity index (χ0v) is 17.0. The van der Waals surface area contributed by atoms with Gasteiger partial charge in [0.05, 0.1) is 19.4 Å². The molecule has 0 aliphatic carbocycles. The Morgan fingerprint density at radius 3 is 2.56 bits per heavy atom. The lowest BCUT2D eigenvalue weighted by Crippen LogP contribution is -2.37. The fourth-order valence-corrected chi connectivity index (χ4v) is 3.20. The molecule has 2 aliphatic heterocycles. The molecule has 11 heteroatoms. The lowest BCUT2D eigenvalue weighted by Gasteiger charge is -2.27. The molecule has 5 rings (SSSR count). The molecular formula is C21H20FN7O3. The number of hydrazone groups is 1. The van der Waals surface area contributed by atoms with Gasteiger partial charge in [0.1, 0.15) is 5.82 Å². The molecule has 0 saturated carbocycles. The maximum atomic E-state index is 13.2. The minimum absolute atomic E-state index is 0.215. The molecule has 0 amide bonds. The summed E-state index contributed by atoms with van der Waals surface area (Å²) in [7, 11) is 0. The molecule has 1 saturated heterocycles. The zero-order chi connectivity index (χ0) is 21.8. The van der Waals surface area contributed by atoms with Crippen LogP contribution in [-0.2, 0) is 4.74 Å². The van der Waals surface area contributed by atoms with Crippen LogP contribution in [0.15, 0.2) is 47.6 Å². The van der Waals surface area contributed by atoms with E-state index in [0.29, 0.717) is 55.4 Å². The van der Waals surface area contributed by atoms with Crippen LogP contribution in [0.25, 0.3) is 0 Å². The molecular weight excluding hydrogens is 417 g/mol. The number of ether oxygens (including phenoxy) is 3. The van der Waals surface area contributed by atoms with Gasteiger partial charge >= 0.3 is 0 Å². The first-order valence-corrected chi connectivity index (χ1v) is 10.0. The Morgan fingerprint density at radius 2 is 1.72 bits per heavy atom. The minimum atomic E-state index is -0.319. The summed E-state index contributed by atoms with van der Waals surface area (Å²) in [6, 6.07) is 11.5. The van der Waals surface area contributed by atoms with E-state index in [1.54, 1.807) is 18.3 Å². The van der Waals surface area contributed by atoms with Crippen LogP contribution >= 0.6 is 0 Å². The molecule has 0 spiro atoms. The molecule has 0 unspecified atom stereocenters. The highest BCUT2D eigenvalue weighted by atomic mass is 19.1. The Morgan fingerprint density at radius 1 is 0.938 bits per heavy atom. The van der Waals surface area contributed by atoms with Gasteiger partial charge in [-0.15, -0.1) is 0 Å². The Hall–Kier alpha value is -3.99. The second kappa shape index (κ2) is 9.02. The first-order valence-electron chi connectivity index (χ1n) is 10.0. The second-order valence-corrected chi connectivity index (χ2v) is 7.00. The minimum Gasteiger partial charge on any atom is -0.454 e. The van der Waals surface area contributed by atoms with Crippen molar-refractivity contribution in [3.63, 3.8) is 0 Å². The van der Waals surface area contributed by atoms with Crippen molar-refractivity contribution in [2.75, 3.05) is 48.7 Å². The third kappa shape index (κ3) is 4.67. The fourth-order valence-electron chi connectivity index (χ4n) is 3.20. The summed E-state index contributed by atoms with van der Waals surface area (Å²) >= 11 is 0. The lowest BCUT2D eigenvalue weighted by molar-refractivity contribution is 0.122. The van der Waals surface area contributed by atoms with Gasteiger partial charge in [0.2, 0.25) is 24.6 Å². The van der Waals surface area contributed by atoms with Crippen molar-refractivity contribution >= 4 is 29.7 Å². The van der Waals surface area contributed by atoms with Gasteiger partial charge in [-0.2, -0.15) is 20.1 Å². The third-order valence-electron chi connectivity index (χ3n) is 4.79. The quantitative estimate of drug-likeness (QED) is 0.445. The molecule has 1 aromatic heterocycles. The van der Waals surface area contributed by atoms with Gasteiger partial charge in [0, 0.05) is 18.8 Å². The number of halogens is 1. The summed E-state index contributed by atoms with van der Waals surface area (Å²) < 4.78 is 29.3. The first-order chi connectivity index (χ1) is 15.7. The lowest BCUT2D eigenvalue weighted by atomic mass is 10.2. The smallest absolute Gasteiger partial charge is 0.250 e. The van der Waals surface area contributed by atoms with Crippen molar-refractivity contribution in [1.29, 1.82) is 0 Å². The number of morpholine rings is 1. The Kier molecular flexibility index (Phi) is 5.62. The number of hydrogen-bond acceptors (Lipinski definition) is 10. The van der Waals surface area contributed by atoms with Crippen LogP contribution in [0.1, 0.15) is 5.56 Å². The number of hydrogen-bond donors (Lipinski definition) is 2. The van der Waals surface area contributed by atoms with Crippen LogP contribution in [0.3, 0.4) is 0 Å². The van der Waals surface area contributed by atoms with E-state index in [0.717, 1.165) is 5.56 Å². The van der Waals surface area contributed by atoms with E-state index >= 15 is 0 Å². The molecule has 1 fully saturated rings. The summed E-state index contributed by atoms with van der Waals surface area (Å²) in [6.45, 7) is 2.74. The maximum Gasteiger partial charge on any atom is 0.250 e. The highest BCUT2D eigenvalue weighted by Gasteiger charge is 2.17. The summed E-state index contributed by atoms with van der Waals surface area (Å²) in [6.07, 6.45) is 1.63. The van der Waals surface area contributed by atoms with E-state index in [1.807, 2.05) is 23.1 Å². The van der Waals surface area contributed by atoms with E-state index in [4.69, 9.17) is 14.2 Å². The zero-order valence-electron chi connectivity index (χ0n) is 17.0. The molecule has 0 bridgehead atoms. The van der Waals surface area contributed by atoms with E-state index in [9.17, 15) is 4.39 Å². The van der Waals surface area contributed by atoms with Crippen LogP contribution < -0.4 is 25.1 Å². The molecule has 32 heavy (non-hydrogen) atoms. The van der Waals surface area contributed by atoms with Crippen molar-refractivity contribution in [3.05, 3.63) is 53.8 Å². The molecule has 2 aromatic carbocycles. The Balaban J connectivity index is 1.36. The molecule has 0 radical (unpaired) electrons. The summed E-state index contributed by atoms with van der Waals surface area (Å²) in [5, 5.41) is 7.32. The van der Waals surface area contributed by atoms with E-state index in [1.165, 1.54) is 12.1 Å². The number of aromatic nitrogens is 3. The van der Waals surface area contributed by atoms with Crippen LogP contribution in [0.2, 0.25) is 0 Å². The average Bonchev–Trinajstić information content (AvgIpc) is 3.29. The van der Waals surface area contributed by atoms with Gasteiger partial charge < -0.3 is 24.4 Å². The normalized spacial score (nSPS) is 15.2. The number of nitrogens with one attached hydrogen (secondary N) is 2. The van der Waals surface area contributed by atoms with Crippen LogP contribution in [-0.4, -0.2) is 54.3 Å². The fraction of sp³-hybridized carbons (Fsp3) is 0.238. The number of rotatable bonds is 6. The standard InChI is InChI=1S/C21H20FN7O3/c22-15-2-4-16(5-3-15)24-19-25-20(27-21(26-19)29-7-9-30-10-8-29)28-23-12-14-1-6-17-18(11-14)32-13-31-17/h1-6,11-12H,7-10,13H2,(H2,24,25,26,27,28)/b23-12-. The number of anilines is 4. The van der Waals surface area contributed by atoms with Gasteiger partial charge in [0.15, 0.2) is 11.5 Å². The van der Waals surface area contributed by atoms with Crippen molar-refractivity contribution < 1.29 is 18.6 Å². The van der Waals surface area contributed by atoms with Crippen molar-refractivity contribution in [2.45, 2.75) is 0 Å². The van der Waals surface area contributed by atoms with Gasteiger partial charge in [-0.05, 0) is 48.0 Å². The highest BCUT2D eigenvalue weighted by Crippen LogP contribution is 2.32. The van der Waals surface area contributed by atoms with Crippen molar-refractivity contribution in [3.8, 4) is 11.5 Å². The topological polar surface area (TPSA) is 106 Å². The molecule has 2 aliphatic rings. The number of nitrogens with zero attached hydrogens (tertiary/aromatic N) is 5. The summed E-state index contributed by atoms with van der Waals surface area (Å²) in [5.74, 6) is 2.14. The average molecular weight is 437 g/mol. The largest absolute Gasteiger partial charge is 0.454 e. The van der Waals surface area contributed by atoms with Gasteiger partial charge in [-0.25, -0.2) is 9.82 Å². The Labute approximate surface area is 183 Å². The summed E-state index contributed by atoms with van der Waals surface area (Å²) in [5.41, 5.74) is 4.33. The monoisotopic (exact) mass is 437 g/mol. The predicted octanol–water partition coefficient (Wildman–Crippen LogP) is 2.77. The molecule has 164 valence electrons. The Bertz CT molecular complexity index is 1120. The van der Waals surface area contributed by atoms with Crippen LogP contribution in [0.5, 0.6) is 11.5 Å². The molecule has 10 nitrogen and oxygen atoms in total. The molecule has 0 atom stereocenters. The first kappa shape index (κ1) is 19.9. The van der Waals surface area contributed by atoms with Crippen molar-refractivity contribution in [2.24, 2.45) is 5.10 Å². The predicted molar refractivity (Wildman–Crippen MR) is 116 cm³/mol. The van der Waals surface area contributed by atoms with E-state index in [-0.39, 0.29) is 18.6 Å². The maximum absolute atomic E-state index is 13.2. The molecule has 3 heterocycles. The van der Waals surface area contributed by atoms with Crippen LogP contribution in [0, 0.1) is 5.82 Å². The third-order valence-corrected chi connectivity index (χ3v) is 4.79. The molecule has 2 N–H and O–H groups in total. The number of fused-ring (bicyclic) bond motifs is 1. The SMILES string of the molecule is Fc1ccc(Nc2nc(N/N=C\c3ccc4c(c3)OCO4)nc(N3CCOCC3)n2)cc1. The summed E-state index contributed by atoms with van der Waals surface area (Å²) in [4.78, 5) is 15.4. The molecule has 3 aromatic rings. The van der Waals surface area contributed by atoms with Crippen molar-refractivity contribution in [1.82, 2.24) is 15.0 Å². The second-order valence-electron chi connectivity index (χ2n) is 7.00. The van der Waals surface area contributed by atoms with Gasteiger partial charge in [-0.3, -0.25) is 0 Å². The van der Waals surface area contributed by atoms with Gasteiger partial charge in [0.25, 0.3) is 0 Å². The van der Waals surface area contributed by atoms with Crippen LogP contribution in [0.4, 0.5) is 27.9 Å². The highest BCUT2D eigenvalue weighted by molar-refractivity contribution is 5.81. The number of benzene rings is 2. The van der Waals surface area contributed by atoms with E-state index < -0.39 is 0 Å². The van der Waals surface area contributed by atoms with E-state index in [2.05, 4.69) is 30.8 Å². The van der Waals surface area contributed by atoms with Gasteiger partial charge in [-0.1, -0.05) is 0 Å².